The molecule has 0 aliphatic carbocycles. The van der Waals surface area contributed by atoms with E-state index >= 15 is 0 Å². The van der Waals surface area contributed by atoms with Gasteiger partial charge < -0.3 is 9.84 Å². The van der Waals surface area contributed by atoms with Crippen molar-refractivity contribution in [1.82, 2.24) is 4.98 Å². The Kier molecular flexibility index (Phi) is 3.84. The van der Waals surface area contributed by atoms with Crippen molar-refractivity contribution in [3.63, 3.8) is 0 Å². The third-order valence-corrected chi connectivity index (χ3v) is 2.59. The number of pyridine rings is 1. The molecule has 0 atom stereocenters. The molecule has 1 heterocycles. The first-order chi connectivity index (χ1) is 7.22. The van der Waals surface area contributed by atoms with Crippen LogP contribution in [-0.2, 0) is 0 Å². The van der Waals surface area contributed by atoms with E-state index in [-0.39, 0.29) is 3.57 Å². The molecule has 0 bridgehead atoms. The Morgan fingerprint density at radius 3 is 2.56 bits per heavy atom. The summed E-state index contributed by atoms with van der Waals surface area (Å²) < 4.78 is 38.9. The van der Waals surface area contributed by atoms with Crippen LogP contribution in [0.15, 0.2) is 6.20 Å². The van der Waals surface area contributed by atoms with Crippen molar-refractivity contribution in [2.75, 3.05) is 0 Å². The molecular formula is C7H2ClF3INO3. The van der Waals surface area contributed by atoms with Gasteiger partial charge in [0.05, 0.1) is 6.20 Å². The number of aromatic nitrogens is 1. The molecule has 0 unspecified atom stereocenters. The SMILES string of the molecule is O=C(Cl)c1ncc(OC(F)(F)F)c(I)c1O. The molecular weight excluding hydrogens is 365 g/mol. The van der Waals surface area contributed by atoms with Gasteiger partial charge in [0.15, 0.2) is 17.2 Å². The lowest BCUT2D eigenvalue weighted by Gasteiger charge is -2.11. The molecule has 1 rings (SSSR count). The molecule has 0 aliphatic rings. The molecule has 1 N–H and O–H groups in total. The van der Waals surface area contributed by atoms with Crippen molar-refractivity contribution in [3.8, 4) is 11.5 Å². The van der Waals surface area contributed by atoms with Gasteiger partial charge in [0, 0.05) is 0 Å². The van der Waals surface area contributed by atoms with Gasteiger partial charge in [0.25, 0.3) is 5.24 Å². The Balaban J connectivity index is 3.17. The van der Waals surface area contributed by atoms with E-state index in [1.54, 1.807) is 0 Å². The quantitative estimate of drug-likeness (QED) is 0.645. The van der Waals surface area contributed by atoms with Crippen LogP contribution >= 0.6 is 34.2 Å². The number of hydrogen-bond acceptors (Lipinski definition) is 4. The second kappa shape index (κ2) is 4.62. The maximum atomic E-state index is 11.9. The number of aromatic hydroxyl groups is 1. The molecule has 0 aromatic carbocycles. The van der Waals surface area contributed by atoms with Gasteiger partial charge in [-0.05, 0) is 34.2 Å². The van der Waals surface area contributed by atoms with E-state index in [0.29, 0.717) is 6.20 Å². The van der Waals surface area contributed by atoms with Crippen LogP contribution in [-0.4, -0.2) is 21.7 Å². The second-order valence-electron chi connectivity index (χ2n) is 2.46. The van der Waals surface area contributed by atoms with Gasteiger partial charge in [-0.1, -0.05) is 0 Å². The standard InChI is InChI=1S/C7H2ClF3INO3/c8-6(15)4-5(14)3(12)2(1-13-4)16-7(9,10)11/h1,14H. The summed E-state index contributed by atoms with van der Waals surface area (Å²) in [5.74, 6) is -1.45. The predicted molar refractivity (Wildman–Crippen MR) is 55.5 cm³/mol. The molecule has 0 saturated heterocycles. The van der Waals surface area contributed by atoms with Crippen LogP contribution in [0.25, 0.3) is 0 Å². The summed E-state index contributed by atoms with van der Waals surface area (Å²) in [4.78, 5) is 14.0. The fraction of sp³-hybridized carbons (Fsp3) is 0.143. The lowest BCUT2D eigenvalue weighted by Crippen LogP contribution is -2.18. The van der Waals surface area contributed by atoms with Crippen LogP contribution in [0.1, 0.15) is 10.5 Å². The second-order valence-corrected chi connectivity index (χ2v) is 3.88. The molecule has 0 fully saturated rings. The molecule has 9 heteroatoms. The number of rotatable bonds is 2. The van der Waals surface area contributed by atoms with Crippen molar-refractivity contribution < 1.29 is 27.8 Å². The molecule has 1 aromatic heterocycles. The highest BCUT2D eigenvalue weighted by Gasteiger charge is 2.33. The highest BCUT2D eigenvalue weighted by atomic mass is 127. The van der Waals surface area contributed by atoms with Gasteiger partial charge in [-0.25, -0.2) is 4.98 Å². The molecule has 0 radical (unpaired) electrons. The van der Waals surface area contributed by atoms with Gasteiger partial charge in [-0.2, -0.15) is 0 Å². The normalized spacial score (nSPS) is 11.3. The zero-order chi connectivity index (χ0) is 12.5. The number of alkyl halides is 3. The largest absolute Gasteiger partial charge is 0.573 e. The highest BCUT2D eigenvalue weighted by Crippen LogP contribution is 2.34. The van der Waals surface area contributed by atoms with E-state index in [0.717, 1.165) is 0 Å². The zero-order valence-corrected chi connectivity index (χ0v) is 10.1. The van der Waals surface area contributed by atoms with Crippen LogP contribution in [0.3, 0.4) is 0 Å². The minimum atomic E-state index is -4.90. The highest BCUT2D eigenvalue weighted by molar-refractivity contribution is 14.1. The number of hydrogen-bond donors (Lipinski definition) is 1. The van der Waals surface area contributed by atoms with Crippen molar-refractivity contribution in [1.29, 1.82) is 0 Å². The summed E-state index contributed by atoms with van der Waals surface area (Å²) in [7, 11) is 0. The van der Waals surface area contributed by atoms with E-state index in [4.69, 9.17) is 11.6 Å². The van der Waals surface area contributed by atoms with E-state index in [1.807, 2.05) is 0 Å². The van der Waals surface area contributed by atoms with Crippen LogP contribution in [0.5, 0.6) is 11.5 Å². The number of nitrogens with zero attached hydrogens (tertiary/aromatic N) is 1. The average Bonchev–Trinajstić information content (AvgIpc) is 2.10. The summed E-state index contributed by atoms with van der Waals surface area (Å²) in [5.41, 5.74) is -0.527. The summed E-state index contributed by atoms with van der Waals surface area (Å²) in [5, 5.41) is 8.25. The maximum absolute atomic E-state index is 11.9. The minimum absolute atomic E-state index is 0.297. The van der Waals surface area contributed by atoms with E-state index in [9.17, 15) is 23.1 Å². The van der Waals surface area contributed by atoms with E-state index < -0.39 is 28.8 Å². The summed E-state index contributed by atoms with van der Waals surface area (Å²) in [6.45, 7) is 0. The third-order valence-electron chi connectivity index (χ3n) is 1.37. The van der Waals surface area contributed by atoms with Crippen LogP contribution < -0.4 is 4.74 Å². The third kappa shape index (κ3) is 3.11. The van der Waals surface area contributed by atoms with Crippen molar-refractivity contribution in [2.24, 2.45) is 0 Å². The Morgan fingerprint density at radius 2 is 2.12 bits per heavy atom. The van der Waals surface area contributed by atoms with Crippen LogP contribution in [0.4, 0.5) is 13.2 Å². The number of halogens is 5. The van der Waals surface area contributed by atoms with Crippen molar-refractivity contribution >= 4 is 39.4 Å². The van der Waals surface area contributed by atoms with Crippen LogP contribution in [0, 0.1) is 3.57 Å². The molecule has 0 spiro atoms. The van der Waals surface area contributed by atoms with Gasteiger partial charge >= 0.3 is 6.36 Å². The molecule has 4 nitrogen and oxygen atoms in total. The molecule has 16 heavy (non-hydrogen) atoms. The van der Waals surface area contributed by atoms with Crippen LogP contribution in [0.2, 0.25) is 0 Å². The monoisotopic (exact) mass is 367 g/mol. The Bertz CT molecular complexity index is 438. The average molecular weight is 367 g/mol. The molecule has 1 aromatic rings. The fourth-order valence-corrected chi connectivity index (χ4v) is 1.44. The van der Waals surface area contributed by atoms with E-state index in [2.05, 4.69) is 9.72 Å². The Hall–Kier alpha value is -0.770. The summed E-state index contributed by atoms with van der Waals surface area (Å²) in [6.07, 6.45) is -4.24. The molecule has 0 aliphatic heterocycles. The smallest absolute Gasteiger partial charge is 0.504 e. The summed E-state index contributed by atoms with van der Waals surface area (Å²) >= 11 is 6.42. The topological polar surface area (TPSA) is 59.4 Å². The predicted octanol–water partition coefficient (Wildman–Crippen LogP) is 2.67. The Morgan fingerprint density at radius 1 is 1.56 bits per heavy atom. The van der Waals surface area contributed by atoms with Gasteiger partial charge in [0.2, 0.25) is 0 Å². The number of ether oxygens (including phenoxy) is 1. The Labute approximate surface area is 106 Å². The fourth-order valence-electron chi connectivity index (χ4n) is 0.801. The zero-order valence-electron chi connectivity index (χ0n) is 7.18. The first kappa shape index (κ1) is 13.3. The number of carbonyl (C=O) groups is 1. The molecule has 0 saturated carbocycles. The maximum Gasteiger partial charge on any atom is 0.573 e. The first-order valence-electron chi connectivity index (χ1n) is 3.55. The molecule has 0 amide bonds. The van der Waals surface area contributed by atoms with Gasteiger partial charge in [-0.15, -0.1) is 13.2 Å². The van der Waals surface area contributed by atoms with Gasteiger partial charge in [0.1, 0.15) is 3.57 Å². The van der Waals surface area contributed by atoms with Crippen molar-refractivity contribution in [3.05, 3.63) is 15.5 Å². The lowest BCUT2D eigenvalue weighted by atomic mass is 10.3. The number of carbonyl (C=O) groups excluding carboxylic acids is 1. The van der Waals surface area contributed by atoms with Gasteiger partial charge in [-0.3, -0.25) is 4.79 Å². The molecule has 88 valence electrons. The first-order valence-corrected chi connectivity index (χ1v) is 5.01. The van der Waals surface area contributed by atoms with E-state index in [1.165, 1.54) is 22.6 Å². The minimum Gasteiger partial charge on any atom is -0.504 e. The van der Waals surface area contributed by atoms with Crippen molar-refractivity contribution in [2.45, 2.75) is 6.36 Å². The summed E-state index contributed by atoms with van der Waals surface area (Å²) in [6, 6.07) is 0. The lowest BCUT2D eigenvalue weighted by molar-refractivity contribution is -0.275.